The molecule has 1 aromatic carbocycles. The number of hydrogen-bond donors (Lipinski definition) is 1. The summed E-state index contributed by atoms with van der Waals surface area (Å²) in [5.74, 6) is 0.880. The first kappa shape index (κ1) is 21.2. The first-order valence-corrected chi connectivity index (χ1v) is 13.1. The Morgan fingerprint density at radius 2 is 2.09 bits per heavy atom. The van der Waals surface area contributed by atoms with Gasteiger partial charge in [0.2, 0.25) is 5.91 Å². The molecule has 162 valence electrons. The number of nitrogens with one attached hydrogen (secondary N) is 1. The molecule has 9 heteroatoms. The number of benzene rings is 1. The van der Waals surface area contributed by atoms with Crippen molar-refractivity contribution < 1.29 is 14.2 Å². The van der Waals surface area contributed by atoms with Gasteiger partial charge in [0.15, 0.2) is 23.3 Å². The molecule has 1 N–H and O–H groups in total. The highest BCUT2D eigenvalue weighted by molar-refractivity contribution is 8.01. The molecule has 2 aliphatic rings. The van der Waals surface area contributed by atoms with E-state index in [1.165, 1.54) is 11.8 Å². The monoisotopic (exact) mass is 481 g/mol. The maximum Gasteiger partial charge on any atom is 0.253 e. The van der Waals surface area contributed by atoms with Crippen LogP contribution >= 0.6 is 34.9 Å². The second-order valence-electron chi connectivity index (χ2n) is 7.41. The highest BCUT2D eigenvalue weighted by atomic mass is 32.2. The minimum Gasteiger partial charge on any atom is -0.341 e. The normalized spacial score (nSPS) is 20.2. The number of para-hydroxylation sites is 1. The molecular weight excluding hydrogens is 460 g/mol. The second-order valence-corrected chi connectivity index (χ2v) is 10.8. The lowest BCUT2D eigenvalue weighted by Gasteiger charge is -2.47. The molecule has 5 rings (SSSR count). The van der Waals surface area contributed by atoms with E-state index in [0.717, 1.165) is 32.4 Å². The highest BCUT2D eigenvalue weighted by Gasteiger charge is 2.49. The molecule has 1 saturated heterocycles. The van der Waals surface area contributed by atoms with Gasteiger partial charge in [-0.2, -0.15) is 0 Å². The molecule has 2 amide bonds. The average molecular weight is 482 g/mol. The predicted octanol–water partition coefficient (Wildman–Crippen LogP) is 3.22. The minimum atomic E-state index is -0.454. The molecule has 3 aromatic rings. The highest BCUT2D eigenvalue weighted by Crippen LogP contribution is 2.36. The maximum atomic E-state index is 12.6. The smallest absolute Gasteiger partial charge is 0.253 e. The van der Waals surface area contributed by atoms with Crippen molar-refractivity contribution in [1.29, 1.82) is 0 Å². The van der Waals surface area contributed by atoms with E-state index in [1.807, 2.05) is 61.1 Å². The summed E-state index contributed by atoms with van der Waals surface area (Å²) in [7, 11) is 0. The fourth-order valence-electron chi connectivity index (χ4n) is 3.56. The van der Waals surface area contributed by atoms with Crippen LogP contribution in [0.1, 0.15) is 0 Å². The topological polar surface area (TPSA) is 66.2 Å². The molecule has 2 aliphatic heterocycles. The minimum absolute atomic E-state index is 0.0282. The third-order valence-electron chi connectivity index (χ3n) is 5.15. The lowest BCUT2D eigenvalue weighted by Crippen LogP contribution is -2.68. The van der Waals surface area contributed by atoms with Gasteiger partial charge in [0.1, 0.15) is 11.4 Å². The van der Waals surface area contributed by atoms with Crippen LogP contribution in [0.3, 0.4) is 0 Å². The van der Waals surface area contributed by atoms with E-state index in [4.69, 9.17) is 0 Å². The SMILES string of the molecule is O=C(CSc1nc2ccccc2s1)N[C@@H]1C(=O)N2C=C(/C=C/C[n+]3ccccc3)CS[C@H]12. The van der Waals surface area contributed by atoms with E-state index in [-0.39, 0.29) is 22.9 Å². The third kappa shape index (κ3) is 4.60. The molecule has 2 atom stereocenters. The number of fused-ring (bicyclic) bond motifs is 2. The lowest BCUT2D eigenvalue weighted by molar-refractivity contribution is -0.687. The number of allylic oxidation sites excluding steroid dienone is 2. The van der Waals surface area contributed by atoms with Gasteiger partial charge in [0.25, 0.3) is 5.91 Å². The van der Waals surface area contributed by atoms with Crippen LogP contribution in [0.5, 0.6) is 0 Å². The summed E-state index contributed by atoms with van der Waals surface area (Å²) < 4.78 is 4.06. The Morgan fingerprint density at radius 3 is 2.94 bits per heavy atom. The Hall–Kier alpha value is -2.62. The number of thioether (sulfide) groups is 2. The van der Waals surface area contributed by atoms with E-state index in [9.17, 15) is 9.59 Å². The van der Waals surface area contributed by atoms with Crippen LogP contribution in [0.4, 0.5) is 0 Å². The van der Waals surface area contributed by atoms with E-state index in [1.54, 1.807) is 28.0 Å². The lowest BCUT2D eigenvalue weighted by atomic mass is 10.1. The van der Waals surface area contributed by atoms with Gasteiger partial charge in [0.05, 0.1) is 16.0 Å². The van der Waals surface area contributed by atoms with Gasteiger partial charge in [-0.1, -0.05) is 36.0 Å². The first-order chi connectivity index (χ1) is 15.7. The zero-order valence-electron chi connectivity index (χ0n) is 17.1. The number of aromatic nitrogens is 2. The van der Waals surface area contributed by atoms with Crippen molar-refractivity contribution in [2.75, 3.05) is 11.5 Å². The zero-order chi connectivity index (χ0) is 21.9. The van der Waals surface area contributed by atoms with E-state index >= 15 is 0 Å². The van der Waals surface area contributed by atoms with Gasteiger partial charge in [-0.15, -0.1) is 23.1 Å². The Balaban J connectivity index is 1.12. The molecular formula is C23H21N4O2S3+. The third-order valence-corrected chi connectivity index (χ3v) is 8.67. The summed E-state index contributed by atoms with van der Waals surface area (Å²) in [4.78, 5) is 31.3. The summed E-state index contributed by atoms with van der Waals surface area (Å²) in [5.41, 5.74) is 2.05. The molecule has 4 heterocycles. The first-order valence-electron chi connectivity index (χ1n) is 10.2. The fourth-order valence-corrected chi connectivity index (χ4v) is 6.67. The Bertz CT molecular complexity index is 1180. The Morgan fingerprint density at radius 1 is 1.25 bits per heavy atom. The number of carbonyl (C=O) groups is 2. The summed E-state index contributed by atoms with van der Waals surface area (Å²) in [5, 5.41) is 2.88. The van der Waals surface area contributed by atoms with Crippen molar-refractivity contribution in [3.8, 4) is 0 Å². The van der Waals surface area contributed by atoms with E-state index in [0.29, 0.717) is 0 Å². The second kappa shape index (κ2) is 9.48. The number of pyridine rings is 1. The molecule has 0 spiro atoms. The standard InChI is InChI=1S/C23H20N4O2S3/c28-19(15-31-23-24-17-8-2-3-9-18(17)32-23)25-20-21(29)27-13-16(14-30-22(20)27)7-6-12-26-10-4-1-5-11-26/h1-11,13,20,22H,12,14-15H2/p+1/b7-6+/t20-,22-/m1/s1. The number of hydrogen-bond acceptors (Lipinski definition) is 6. The molecule has 1 fully saturated rings. The summed E-state index contributed by atoms with van der Waals surface area (Å²) >= 11 is 4.67. The molecule has 0 unspecified atom stereocenters. The molecule has 0 aliphatic carbocycles. The summed E-state index contributed by atoms with van der Waals surface area (Å²) in [6.45, 7) is 0.783. The molecule has 32 heavy (non-hydrogen) atoms. The maximum absolute atomic E-state index is 12.6. The summed E-state index contributed by atoms with van der Waals surface area (Å²) in [6.07, 6.45) is 10.1. The van der Waals surface area contributed by atoms with Crippen molar-refractivity contribution in [2.24, 2.45) is 0 Å². The molecule has 0 radical (unpaired) electrons. The van der Waals surface area contributed by atoms with E-state index in [2.05, 4.69) is 27.0 Å². The molecule has 2 aromatic heterocycles. The number of nitrogens with zero attached hydrogens (tertiary/aromatic N) is 3. The van der Waals surface area contributed by atoms with Crippen LogP contribution in [0.25, 0.3) is 10.2 Å². The summed E-state index contributed by atoms with van der Waals surface area (Å²) in [6, 6.07) is 13.5. The largest absolute Gasteiger partial charge is 0.341 e. The van der Waals surface area contributed by atoms with Crippen molar-refractivity contribution in [2.45, 2.75) is 22.3 Å². The van der Waals surface area contributed by atoms with Crippen LogP contribution in [-0.2, 0) is 16.1 Å². The van der Waals surface area contributed by atoms with Crippen LogP contribution in [0.2, 0.25) is 0 Å². The van der Waals surface area contributed by atoms with Crippen LogP contribution in [-0.4, -0.2) is 44.6 Å². The Labute approximate surface area is 198 Å². The van der Waals surface area contributed by atoms with Crippen molar-refractivity contribution in [3.05, 3.63) is 78.8 Å². The van der Waals surface area contributed by atoms with Gasteiger partial charge >= 0.3 is 0 Å². The number of rotatable bonds is 7. The van der Waals surface area contributed by atoms with Gasteiger partial charge in [-0.3, -0.25) is 9.59 Å². The van der Waals surface area contributed by atoms with Crippen molar-refractivity contribution >= 4 is 56.9 Å². The van der Waals surface area contributed by atoms with E-state index < -0.39 is 6.04 Å². The van der Waals surface area contributed by atoms with Gasteiger partial charge in [-0.25, -0.2) is 9.55 Å². The van der Waals surface area contributed by atoms with Crippen LogP contribution in [0, 0.1) is 0 Å². The fraction of sp³-hybridized carbons (Fsp3) is 0.217. The molecule has 0 bridgehead atoms. The van der Waals surface area contributed by atoms with Crippen LogP contribution < -0.4 is 9.88 Å². The number of amides is 2. The number of carbonyl (C=O) groups excluding carboxylic acids is 2. The van der Waals surface area contributed by atoms with Crippen molar-refractivity contribution in [1.82, 2.24) is 15.2 Å². The number of thiazole rings is 1. The number of β-lactam (4-membered cyclic amide) rings is 1. The Kier molecular flexibility index (Phi) is 6.29. The predicted molar refractivity (Wildman–Crippen MR) is 129 cm³/mol. The van der Waals surface area contributed by atoms with Gasteiger partial charge in [-0.05, 0) is 23.8 Å². The van der Waals surface area contributed by atoms with Gasteiger partial charge in [0, 0.05) is 24.1 Å². The van der Waals surface area contributed by atoms with Gasteiger partial charge < -0.3 is 10.2 Å². The van der Waals surface area contributed by atoms with Crippen LogP contribution in [0.15, 0.2) is 83.1 Å². The molecule has 6 nitrogen and oxygen atoms in total. The van der Waals surface area contributed by atoms with Crippen molar-refractivity contribution in [3.63, 3.8) is 0 Å². The average Bonchev–Trinajstić information content (AvgIpc) is 3.25. The molecule has 0 saturated carbocycles. The zero-order valence-corrected chi connectivity index (χ0v) is 19.5. The quantitative estimate of drug-likeness (QED) is 0.319.